The molecule has 0 atom stereocenters. The van der Waals surface area contributed by atoms with Gasteiger partial charge in [0, 0.05) is 36.1 Å². The van der Waals surface area contributed by atoms with Crippen LogP contribution in [0.2, 0.25) is 0 Å². The van der Waals surface area contributed by atoms with E-state index in [1.165, 1.54) is 0 Å². The molecule has 29 heavy (non-hydrogen) atoms. The molecule has 7 heteroatoms. The number of halogens is 1. The van der Waals surface area contributed by atoms with Crippen molar-refractivity contribution in [1.82, 2.24) is 5.32 Å². The minimum absolute atomic E-state index is 0.0543. The number of carbonyl (C=O) groups is 1. The second-order valence-corrected chi connectivity index (χ2v) is 10.6. The van der Waals surface area contributed by atoms with E-state index in [0.29, 0.717) is 19.8 Å². The molecule has 2 aromatic carbocycles. The van der Waals surface area contributed by atoms with Crippen molar-refractivity contribution in [3.8, 4) is 0 Å². The summed E-state index contributed by atoms with van der Waals surface area (Å²) in [7, 11) is -3.48. The molecular weight excluding hydrogens is 454 g/mol. The number of benzene rings is 2. The summed E-state index contributed by atoms with van der Waals surface area (Å²) in [5.41, 5.74) is 1.95. The number of rotatable bonds is 7. The Labute approximate surface area is 180 Å². The van der Waals surface area contributed by atoms with E-state index >= 15 is 0 Å². The molecule has 156 valence electrons. The Balaban J connectivity index is 1.62. The maximum atomic E-state index is 12.5. The third-order valence-electron chi connectivity index (χ3n) is 5.49. The van der Waals surface area contributed by atoms with Crippen molar-refractivity contribution in [2.75, 3.05) is 25.5 Å². The number of carbonyl (C=O) groups excluding carboxylic acids is 1. The fourth-order valence-electron chi connectivity index (χ4n) is 3.59. The zero-order valence-electron chi connectivity index (χ0n) is 16.5. The normalized spacial score (nSPS) is 16.3. The molecule has 1 fully saturated rings. The van der Waals surface area contributed by atoms with Crippen LogP contribution in [0.3, 0.4) is 0 Å². The lowest BCUT2D eigenvalue weighted by atomic mass is 9.74. The third kappa shape index (κ3) is 5.68. The number of nitrogens with one attached hydrogen (secondary N) is 1. The van der Waals surface area contributed by atoms with E-state index in [4.69, 9.17) is 4.74 Å². The molecule has 1 aliphatic heterocycles. The first kappa shape index (κ1) is 22.0. The Bertz CT molecular complexity index is 951. The second-order valence-electron chi connectivity index (χ2n) is 7.56. The van der Waals surface area contributed by atoms with Gasteiger partial charge in [0.15, 0.2) is 9.84 Å². The highest BCUT2D eigenvalue weighted by Gasteiger charge is 2.35. The summed E-state index contributed by atoms with van der Waals surface area (Å²) in [6.07, 6.45) is 1.57. The average molecular weight is 480 g/mol. The zero-order chi connectivity index (χ0) is 20.9. The highest BCUT2D eigenvalue weighted by atomic mass is 79.9. The van der Waals surface area contributed by atoms with E-state index in [-0.39, 0.29) is 28.4 Å². The number of hydrogen-bond acceptors (Lipinski definition) is 4. The summed E-state index contributed by atoms with van der Waals surface area (Å²) < 4.78 is 31.5. The number of hydrogen-bond donors (Lipinski definition) is 1. The third-order valence-corrected chi connectivity index (χ3v) is 7.71. The Kier molecular flexibility index (Phi) is 7.14. The van der Waals surface area contributed by atoms with Crippen LogP contribution in [-0.4, -0.2) is 39.8 Å². The predicted octanol–water partition coefficient (Wildman–Crippen LogP) is 3.79. The molecule has 0 unspecified atom stereocenters. The molecule has 0 aromatic heterocycles. The minimum atomic E-state index is -3.48. The van der Waals surface area contributed by atoms with Gasteiger partial charge >= 0.3 is 0 Å². The lowest BCUT2D eigenvalue weighted by Crippen LogP contribution is -2.44. The van der Waals surface area contributed by atoms with E-state index in [9.17, 15) is 13.2 Å². The van der Waals surface area contributed by atoms with Crippen LogP contribution in [0.1, 0.15) is 30.4 Å². The van der Waals surface area contributed by atoms with E-state index in [1.54, 1.807) is 24.3 Å². The fourth-order valence-corrected chi connectivity index (χ4v) is 5.23. The summed E-state index contributed by atoms with van der Waals surface area (Å²) in [5.74, 6) is -0.448. The minimum Gasteiger partial charge on any atom is -0.381 e. The molecule has 0 bridgehead atoms. The average Bonchev–Trinajstić information content (AvgIpc) is 2.72. The van der Waals surface area contributed by atoms with Gasteiger partial charge in [0.25, 0.3) is 0 Å². The second kappa shape index (κ2) is 9.41. The lowest BCUT2D eigenvalue weighted by molar-refractivity contribution is -0.121. The standard InChI is InChI=1S/C22H26BrNO4S/c1-17-5-7-20(8-6-17)29(26,27)14-9-21(25)24-16-22(10-12-28-13-11-22)18-3-2-4-19(23)15-18/h2-8,15H,9-14,16H2,1H3,(H,24,25). The van der Waals surface area contributed by atoms with Gasteiger partial charge in [-0.15, -0.1) is 0 Å². The molecule has 1 saturated heterocycles. The number of sulfone groups is 1. The van der Waals surface area contributed by atoms with Gasteiger partial charge in [-0.1, -0.05) is 45.8 Å². The largest absolute Gasteiger partial charge is 0.381 e. The Morgan fingerprint density at radius 2 is 1.83 bits per heavy atom. The molecule has 3 rings (SSSR count). The SMILES string of the molecule is Cc1ccc(S(=O)(=O)CCC(=O)NCC2(c3cccc(Br)c3)CCOCC2)cc1. The van der Waals surface area contributed by atoms with Crippen LogP contribution >= 0.6 is 15.9 Å². The van der Waals surface area contributed by atoms with Crippen molar-refractivity contribution in [3.63, 3.8) is 0 Å². The highest BCUT2D eigenvalue weighted by Crippen LogP contribution is 2.35. The van der Waals surface area contributed by atoms with Gasteiger partial charge in [0.2, 0.25) is 5.91 Å². The topological polar surface area (TPSA) is 72.5 Å². The molecule has 1 amide bonds. The maximum absolute atomic E-state index is 12.5. The number of ether oxygens (including phenoxy) is 1. The summed E-state index contributed by atoms with van der Waals surface area (Å²) in [6, 6.07) is 14.8. The van der Waals surface area contributed by atoms with Crippen molar-refractivity contribution in [2.24, 2.45) is 0 Å². The van der Waals surface area contributed by atoms with Crippen molar-refractivity contribution in [1.29, 1.82) is 0 Å². The van der Waals surface area contributed by atoms with Crippen LogP contribution in [0.25, 0.3) is 0 Å². The molecular formula is C22H26BrNO4S. The van der Waals surface area contributed by atoms with Crippen LogP contribution in [0.4, 0.5) is 0 Å². The molecule has 1 heterocycles. The molecule has 1 N–H and O–H groups in total. The first-order valence-corrected chi connectivity index (χ1v) is 12.2. The van der Waals surface area contributed by atoms with Crippen molar-refractivity contribution >= 4 is 31.7 Å². The first-order chi connectivity index (χ1) is 13.8. The van der Waals surface area contributed by atoms with Crippen molar-refractivity contribution in [2.45, 2.75) is 36.5 Å². The van der Waals surface area contributed by atoms with Gasteiger partial charge in [-0.05, 0) is 49.6 Å². The Hall–Kier alpha value is -1.70. The number of aryl methyl sites for hydroxylation is 1. The molecule has 0 saturated carbocycles. The summed E-state index contributed by atoms with van der Waals surface area (Å²) in [6.45, 7) is 3.66. The molecule has 0 radical (unpaired) electrons. The molecule has 2 aromatic rings. The van der Waals surface area contributed by atoms with Gasteiger partial charge < -0.3 is 10.1 Å². The highest BCUT2D eigenvalue weighted by molar-refractivity contribution is 9.10. The molecule has 5 nitrogen and oxygen atoms in total. The monoisotopic (exact) mass is 479 g/mol. The number of amides is 1. The Morgan fingerprint density at radius 3 is 2.48 bits per heavy atom. The van der Waals surface area contributed by atoms with Crippen molar-refractivity contribution < 1.29 is 17.9 Å². The zero-order valence-corrected chi connectivity index (χ0v) is 18.9. The van der Waals surface area contributed by atoms with Crippen LogP contribution in [0.5, 0.6) is 0 Å². The van der Waals surface area contributed by atoms with Crippen LogP contribution < -0.4 is 5.32 Å². The molecule has 0 spiro atoms. The van der Waals surface area contributed by atoms with Crippen molar-refractivity contribution in [3.05, 3.63) is 64.1 Å². The summed E-state index contributed by atoms with van der Waals surface area (Å²) in [4.78, 5) is 12.7. The lowest BCUT2D eigenvalue weighted by Gasteiger charge is -2.38. The van der Waals surface area contributed by atoms with Gasteiger partial charge in [-0.2, -0.15) is 0 Å². The van der Waals surface area contributed by atoms with Crippen LogP contribution in [-0.2, 0) is 24.8 Å². The summed E-state index contributed by atoms with van der Waals surface area (Å²) >= 11 is 3.52. The maximum Gasteiger partial charge on any atom is 0.221 e. The van der Waals surface area contributed by atoms with E-state index in [2.05, 4.69) is 33.4 Å². The van der Waals surface area contributed by atoms with Gasteiger partial charge in [-0.3, -0.25) is 4.79 Å². The smallest absolute Gasteiger partial charge is 0.221 e. The van der Waals surface area contributed by atoms with E-state index < -0.39 is 9.84 Å². The molecule has 1 aliphatic rings. The fraction of sp³-hybridized carbons (Fsp3) is 0.409. The van der Waals surface area contributed by atoms with Gasteiger partial charge in [0.05, 0.1) is 10.6 Å². The van der Waals surface area contributed by atoms with Crippen LogP contribution in [0, 0.1) is 6.92 Å². The summed E-state index contributed by atoms with van der Waals surface area (Å²) in [5, 5.41) is 2.97. The first-order valence-electron chi connectivity index (χ1n) is 9.71. The Morgan fingerprint density at radius 1 is 1.14 bits per heavy atom. The quantitative estimate of drug-likeness (QED) is 0.655. The van der Waals surface area contributed by atoms with E-state index in [1.807, 2.05) is 19.1 Å². The van der Waals surface area contributed by atoms with Gasteiger partial charge in [0.1, 0.15) is 0 Å². The predicted molar refractivity (Wildman–Crippen MR) is 117 cm³/mol. The van der Waals surface area contributed by atoms with Gasteiger partial charge in [-0.25, -0.2) is 8.42 Å². The molecule has 0 aliphatic carbocycles. The van der Waals surface area contributed by atoms with E-state index in [0.717, 1.165) is 28.4 Å². The van der Waals surface area contributed by atoms with Crippen LogP contribution in [0.15, 0.2) is 57.9 Å².